The van der Waals surface area contributed by atoms with E-state index in [4.69, 9.17) is 4.74 Å². The van der Waals surface area contributed by atoms with E-state index in [9.17, 15) is 0 Å². The molecule has 0 aromatic carbocycles. The molecule has 0 amide bonds. The second-order valence-electron chi connectivity index (χ2n) is 2.99. The molecule has 11 heavy (non-hydrogen) atoms. The van der Waals surface area contributed by atoms with Crippen LogP contribution in [0.15, 0.2) is 0 Å². The minimum Gasteiger partial charge on any atom is -0.385 e. The van der Waals surface area contributed by atoms with Crippen molar-refractivity contribution in [2.75, 3.05) is 33.4 Å². The van der Waals surface area contributed by atoms with Gasteiger partial charge in [0.25, 0.3) is 0 Å². The van der Waals surface area contributed by atoms with Crippen LogP contribution in [0.5, 0.6) is 0 Å². The van der Waals surface area contributed by atoms with E-state index in [1.807, 2.05) is 0 Å². The molecule has 1 fully saturated rings. The summed E-state index contributed by atoms with van der Waals surface area (Å²) in [6.07, 6.45) is 2.39. The monoisotopic (exact) mass is 158 g/mol. The summed E-state index contributed by atoms with van der Waals surface area (Å²) in [5.74, 6) is 0. The van der Waals surface area contributed by atoms with E-state index in [1.165, 1.54) is 13.0 Å². The molecule has 1 atom stereocenters. The molecule has 0 saturated carbocycles. The van der Waals surface area contributed by atoms with Gasteiger partial charge in [0.1, 0.15) is 0 Å². The van der Waals surface area contributed by atoms with Crippen LogP contribution in [-0.2, 0) is 4.74 Å². The molecule has 3 heteroatoms. The maximum atomic E-state index is 4.95. The highest BCUT2D eigenvalue weighted by atomic mass is 16.5. The van der Waals surface area contributed by atoms with E-state index < -0.39 is 0 Å². The van der Waals surface area contributed by atoms with Crippen LogP contribution in [0.25, 0.3) is 0 Å². The smallest absolute Gasteiger partial charge is 0.0474 e. The van der Waals surface area contributed by atoms with Crippen molar-refractivity contribution in [3.8, 4) is 0 Å². The highest BCUT2D eigenvalue weighted by molar-refractivity contribution is 4.76. The van der Waals surface area contributed by atoms with E-state index in [0.717, 1.165) is 26.1 Å². The second-order valence-corrected chi connectivity index (χ2v) is 2.99. The van der Waals surface area contributed by atoms with Gasteiger partial charge in [-0.25, -0.2) is 0 Å². The molecule has 1 saturated heterocycles. The summed E-state index contributed by atoms with van der Waals surface area (Å²) in [6.45, 7) is 4.25. The Bertz CT molecular complexity index is 92.1. The molecule has 0 aromatic heterocycles. The Hall–Kier alpha value is -0.120. The average Bonchev–Trinajstić information content (AvgIpc) is 2.50. The number of hydrogen-bond donors (Lipinski definition) is 2. The van der Waals surface area contributed by atoms with E-state index in [-0.39, 0.29) is 0 Å². The first-order valence-electron chi connectivity index (χ1n) is 4.36. The van der Waals surface area contributed by atoms with Gasteiger partial charge in [0.15, 0.2) is 0 Å². The van der Waals surface area contributed by atoms with Crippen molar-refractivity contribution in [3.05, 3.63) is 0 Å². The van der Waals surface area contributed by atoms with Crippen molar-refractivity contribution < 1.29 is 4.74 Å². The Labute approximate surface area is 68.5 Å². The Morgan fingerprint density at radius 3 is 3.18 bits per heavy atom. The Kier molecular flexibility index (Phi) is 4.50. The zero-order chi connectivity index (χ0) is 7.94. The normalized spacial score (nSPS) is 24.3. The van der Waals surface area contributed by atoms with Gasteiger partial charge in [0.2, 0.25) is 0 Å². The van der Waals surface area contributed by atoms with Gasteiger partial charge in [-0.1, -0.05) is 0 Å². The summed E-state index contributed by atoms with van der Waals surface area (Å²) in [4.78, 5) is 0. The van der Waals surface area contributed by atoms with Gasteiger partial charge in [-0.2, -0.15) is 0 Å². The van der Waals surface area contributed by atoms with Crippen LogP contribution in [0.3, 0.4) is 0 Å². The first kappa shape index (κ1) is 8.97. The molecule has 3 nitrogen and oxygen atoms in total. The Balaban J connectivity index is 1.86. The molecule has 0 aliphatic carbocycles. The van der Waals surface area contributed by atoms with Crippen molar-refractivity contribution >= 4 is 0 Å². The van der Waals surface area contributed by atoms with Crippen molar-refractivity contribution in [3.63, 3.8) is 0 Å². The Morgan fingerprint density at radius 2 is 2.55 bits per heavy atom. The van der Waals surface area contributed by atoms with Gasteiger partial charge in [-0.15, -0.1) is 0 Å². The molecular weight excluding hydrogens is 140 g/mol. The van der Waals surface area contributed by atoms with E-state index >= 15 is 0 Å². The minimum absolute atomic E-state index is 0.701. The lowest BCUT2D eigenvalue weighted by atomic mass is 10.2. The predicted octanol–water partition coefficient (Wildman–Crippen LogP) is -0.0256. The summed E-state index contributed by atoms with van der Waals surface area (Å²) < 4.78 is 4.95. The Morgan fingerprint density at radius 1 is 1.64 bits per heavy atom. The summed E-state index contributed by atoms with van der Waals surface area (Å²) in [6, 6.07) is 0.701. The zero-order valence-corrected chi connectivity index (χ0v) is 7.23. The molecule has 0 radical (unpaired) electrons. The first-order chi connectivity index (χ1) is 5.43. The highest BCUT2D eigenvalue weighted by Crippen LogP contribution is 1.96. The number of methoxy groups -OCH3 is 1. The van der Waals surface area contributed by atoms with E-state index in [1.54, 1.807) is 7.11 Å². The van der Waals surface area contributed by atoms with Crippen molar-refractivity contribution in [1.29, 1.82) is 0 Å². The molecule has 0 spiro atoms. The van der Waals surface area contributed by atoms with Gasteiger partial charge in [-0.05, 0) is 25.9 Å². The van der Waals surface area contributed by atoms with Gasteiger partial charge < -0.3 is 15.4 Å². The predicted molar refractivity (Wildman–Crippen MR) is 45.8 cm³/mol. The van der Waals surface area contributed by atoms with Crippen LogP contribution in [0, 0.1) is 0 Å². The van der Waals surface area contributed by atoms with Crippen LogP contribution < -0.4 is 10.6 Å². The van der Waals surface area contributed by atoms with Crippen LogP contribution in [0.2, 0.25) is 0 Å². The number of hydrogen-bond acceptors (Lipinski definition) is 3. The third-order valence-electron chi connectivity index (χ3n) is 2.02. The van der Waals surface area contributed by atoms with Crippen LogP contribution in [-0.4, -0.2) is 39.4 Å². The van der Waals surface area contributed by atoms with Gasteiger partial charge in [0.05, 0.1) is 0 Å². The molecule has 1 aliphatic heterocycles. The highest BCUT2D eigenvalue weighted by Gasteiger charge is 2.11. The summed E-state index contributed by atoms with van der Waals surface area (Å²) in [5, 5.41) is 6.79. The molecular formula is C8H18N2O. The lowest BCUT2D eigenvalue weighted by molar-refractivity contribution is 0.193. The average molecular weight is 158 g/mol. The minimum atomic E-state index is 0.701. The van der Waals surface area contributed by atoms with Crippen molar-refractivity contribution in [2.45, 2.75) is 18.9 Å². The van der Waals surface area contributed by atoms with Gasteiger partial charge in [-0.3, -0.25) is 0 Å². The summed E-state index contributed by atoms with van der Waals surface area (Å²) in [5.41, 5.74) is 0. The number of nitrogens with one attached hydrogen (secondary N) is 2. The van der Waals surface area contributed by atoms with Crippen molar-refractivity contribution in [1.82, 2.24) is 10.6 Å². The molecule has 2 N–H and O–H groups in total. The van der Waals surface area contributed by atoms with Gasteiger partial charge >= 0.3 is 0 Å². The molecule has 1 heterocycles. The maximum absolute atomic E-state index is 4.95. The van der Waals surface area contributed by atoms with E-state index in [2.05, 4.69) is 10.6 Å². The zero-order valence-electron chi connectivity index (χ0n) is 7.23. The largest absolute Gasteiger partial charge is 0.385 e. The lowest BCUT2D eigenvalue weighted by Gasteiger charge is -2.09. The third-order valence-corrected chi connectivity index (χ3v) is 2.02. The molecule has 66 valence electrons. The lowest BCUT2D eigenvalue weighted by Crippen LogP contribution is -2.32. The third kappa shape index (κ3) is 3.70. The van der Waals surface area contributed by atoms with Gasteiger partial charge in [0, 0.05) is 26.3 Å². The fourth-order valence-corrected chi connectivity index (χ4v) is 1.35. The summed E-state index contributed by atoms with van der Waals surface area (Å²) >= 11 is 0. The standard InChI is InChI=1S/C8H18N2O/c1-11-6-2-4-10-8-3-5-9-7-8/h8-10H,2-7H2,1H3/t8-/m1/s1. The van der Waals surface area contributed by atoms with Crippen LogP contribution in [0.4, 0.5) is 0 Å². The van der Waals surface area contributed by atoms with Crippen LogP contribution in [0.1, 0.15) is 12.8 Å². The fourth-order valence-electron chi connectivity index (χ4n) is 1.35. The number of rotatable bonds is 5. The SMILES string of the molecule is COCCCN[C@@H]1CCNC1. The maximum Gasteiger partial charge on any atom is 0.0474 e. The second kappa shape index (κ2) is 5.52. The quantitative estimate of drug-likeness (QED) is 0.551. The molecule has 0 unspecified atom stereocenters. The molecule has 0 aromatic rings. The van der Waals surface area contributed by atoms with Crippen molar-refractivity contribution in [2.24, 2.45) is 0 Å². The summed E-state index contributed by atoms with van der Waals surface area (Å²) in [7, 11) is 1.75. The molecule has 1 aliphatic rings. The molecule has 1 rings (SSSR count). The fraction of sp³-hybridized carbons (Fsp3) is 1.00. The van der Waals surface area contributed by atoms with Crippen LogP contribution >= 0.6 is 0 Å². The molecule has 0 bridgehead atoms. The topological polar surface area (TPSA) is 33.3 Å². The first-order valence-corrected chi connectivity index (χ1v) is 4.36. The number of ether oxygens (including phenoxy) is 1. The van der Waals surface area contributed by atoms with E-state index in [0.29, 0.717) is 6.04 Å².